The van der Waals surface area contributed by atoms with Crippen molar-refractivity contribution in [1.29, 1.82) is 0 Å². The first-order valence-corrected chi connectivity index (χ1v) is 7.12. The first-order valence-electron chi connectivity index (χ1n) is 7.12. The molecule has 7 heteroatoms. The molecule has 0 aliphatic carbocycles. The minimum atomic E-state index is -0.744. The van der Waals surface area contributed by atoms with Crippen LogP contribution in [0.5, 0.6) is 5.75 Å². The second-order valence-electron chi connectivity index (χ2n) is 4.44. The van der Waals surface area contributed by atoms with Crippen molar-refractivity contribution in [3.05, 3.63) is 30.1 Å². The zero-order chi connectivity index (χ0) is 16.4. The summed E-state index contributed by atoms with van der Waals surface area (Å²) >= 11 is 0. The predicted molar refractivity (Wildman–Crippen MR) is 79.2 cm³/mol. The average Bonchev–Trinajstić information content (AvgIpc) is 2.48. The van der Waals surface area contributed by atoms with Gasteiger partial charge in [0, 0.05) is 6.54 Å². The number of imide groups is 1. The molecule has 0 saturated carbocycles. The van der Waals surface area contributed by atoms with Crippen LogP contribution in [-0.2, 0) is 9.53 Å². The predicted octanol–water partition coefficient (Wildman–Crippen LogP) is 1.80. The maximum absolute atomic E-state index is 12.7. The van der Waals surface area contributed by atoms with Crippen LogP contribution in [0.2, 0.25) is 0 Å². The summed E-state index contributed by atoms with van der Waals surface area (Å²) in [4.78, 5) is 24.6. The molecule has 22 heavy (non-hydrogen) atoms. The Labute approximate surface area is 129 Å². The lowest BCUT2D eigenvalue weighted by Crippen LogP contribution is -2.41. The highest BCUT2D eigenvalue weighted by atomic mass is 19.1. The van der Waals surface area contributed by atoms with Gasteiger partial charge in [0.15, 0.2) is 0 Å². The average molecular weight is 312 g/mol. The third kappa shape index (κ3) is 7.03. The van der Waals surface area contributed by atoms with E-state index in [-0.39, 0.29) is 19.0 Å². The molecule has 0 aliphatic heterocycles. The largest absolute Gasteiger partial charge is 0.492 e. The number of hydrogen-bond donors (Lipinski definition) is 1. The van der Waals surface area contributed by atoms with E-state index in [0.717, 1.165) is 0 Å². The Kier molecular flexibility index (Phi) is 7.91. The molecule has 0 fully saturated rings. The lowest BCUT2D eigenvalue weighted by atomic mass is 10.3. The van der Waals surface area contributed by atoms with Crippen LogP contribution < -0.4 is 10.1 Å². The molecular weight excluding hydrogens is 291 g/mol. The molecule has 0 unspecified atom stereocenters. The molecule has 1 aromatic carbocycles. The number of benzene rings is 1. The van der Waals surface area contributed by atoms with Crippen molar-refractivity contribution in [3.63, 3.8) is 0 Å². The number of likely N-dealkylation sites (N-methyl/N-ethyl adjacent to an activating group) is 1. The summed E-state index contributed by atoms with van der Waals surface area (Å²) in [6.45, 7) is 5.33. The Morgan fingerprint density at radius 1 is 1.23 bits per heavy atom. The number of rotatable bonds is 8. The summed E-state index contributed by atoms with van der Waals surface area (Å²) in [7, 11) is 0. The number of carbonyl (C=O) groups excluding carboxylic acids is 2. The van der Waals surface area contributed by atoms with Crippen LogP contribution in [0.15, 0.2) is 24.3 Å². The van der Waals surface area contributed by atoms with E-state index in [9.17, 15) is 14.0 Å². The van der Waals surface area contributed by atoms with Crippen molar-refractivity contribution >= 4 is 12.0 Å². The molecule has 0 bridgehead atoms. The fraction of sp³-hybridized carbons (Fsp3) is 0.467. The highest BCUT2D eigenvalue weighted by Crippen LogP contribution is 2.10. The van der Waals surface area contributed by atoms with E-state index in [2.05, 4.69) is 10.1 Å². The molecule has 1 aromatic rings. The van der Waals surface area contributed by atoms with Crippen molar-refractivity contribution in [2.75, 3.05) is 32.8 Å². The van der Waals surface area contributed by atoms with Gasteiger partial charge in [-0.25, -0.2) is 9.18 Å². The van der Waals surface area contributed by atoms with E-state index in [1.54, 1.807) is 19.1 Å². The molecule has 122 valence electrons. The van der Waals surface area contributed by atoms with Crippen LogP contribution >= 0.6 is 0 Å². The summed E-state index contributed by atoms with van der Waals surface area (Å²) in [5, 5.41) is 2.14. The van der Waals surface area contributed by atoms with Gasteiger partial charge in [-0.15, -0.1) is 0 Å². The Morgan fingerprint density at radius 2 is 1.91 bits per heavy atom. The van der Waals surface area contributed by atoms with Gasteiger partial charge < -0.3 is 9.47 Å². The number of hydrogen-bond acceptors (Lipinski definition) is 5. The molecule has 0 aromatic heterocycles. The van der Waals surface area contributed by atoms with E-state index in [1.165, 1.54) is 12.1 Å². The lowest BCUT2D eigenvalue weighted by molar-refractivity contribution is -0.121. The maximum atomic E-state index is 12.7. The molecule has 0 atom stereocenters. The molecular formula is C15H21FN2O4. The summed E-state index contributed by atoms with van der Waals surface area (Å²) in [6, 6.07) is 5.72. The Balaban J connectivity index is 2.30. The quantitative estimate of drug-likeness (QED) is 0.793. The molecule has 1 N–H and O–H groups in total. The van der Waals surface area contributed by atoms with Gasteiger partial charge >= 0.3 is 6.09 Å². The minimum absolute atomic E-state index is 0.0715. The molecule has 0 spiro atoms. The Bertz CT molecular complexity index is 479. The van der Waals surface area contributed by atoms with Crippen molar-refractivity contribution in [3.8, 4) is 5.75 Å². The van der Waals surface area contributed by atoms with Crippen LogP contribution in [0.25, 0.3) is 0 Å². The van der Waals surface area contributed by atoms with Crippen LogP contribution in [0.4, 0.5) is 9.18 Å². The summed E-state index contributed by atoms with van der Waals surface area (Å²) in [5.74, 6) is -0.186. The number of amides is 2. The van der Waals surface area contributed by atoms with E-state index in [0.29, 0.717) is 25.4 Å². The van der Waals surface area contributed by atoms with Crippen molar-refractivity contribution in [2.24, 2.45) is 0 Å². The standard InChI is InChI=1S/C15H21FN2O4/c1-3-18(11-14(19)17-15(20)21-4-2)9-10-22-13-7-5-12(16)6-8-13/h5-8H,3-4,9-11H2,1-2H3,(H,17,19,20). The second-order valence-corrected chi connectivity index (χ2v) is 4.44. The van der Waals surface area contributed by atoms with E-state index < -0.39 is 12.0 Å². The van der Waals surface area contributed by atoms with Gasteiger partial charge in [0.2, 0.25) is 5.91 Å². The molecule has 0 saturated heterocycles. The van der Waals surface area contributed by atoms with Gasteiger partial charge in [0.25, 0.3) is 0 Å². The SMILES string of the molecule is CCOC(=O)NC(=O)CN(CC)CCOc1ccc(F)cc1. The minimum Gasteiger partial charge on any atom is -0.492 e. The monoisotopic (exact) mass is 312 g/mol. The number of alkyl carbamates (subject to hydrolysis) is 1. The van der Waals surface area contributed by atoms with Crippen LogP contribution in [0, 0.1) is 5.82 Å². The third-order valence-electron chi connectivity index (χ3n) is 2.82. The molecule has 0 aliphatic rings. The van der Waals surface area contributed by atoms with E-state index >= 15 is 0 Å². The first kappa shape index (κ1) is 17.9. The van der Waals surface area contributed by atoms with Crippen LogP contribution in [0.1, 0.15) is 13.8 Å². The first-order chi connectivity index (χ1) is 10.5. The van der Waals surface area contributed by atoms with Gasteiger partial charge in [0.1, 0.15) is 18.2 Å². The topological polar surface area (TPSA) is 67.9 Å². The number of halogens is 1. The maximum Gasteiger partial charge on any atom is 0.413 e. The molecule has 0 heterocycles. The lowest BCUT2D eigenvalue weighted by Gasteiger charge is -2.19. The molecule has 0 radical (unpaired) electrons. The number of nitrogens with zero attached hydrogens (tertiary/aromatic N) is 1. The van der Waals surface area contributed by atoms with Crippen molar-refractivity contribution in [1.82, 2.24) is 10.2 Å². The highest BCUT2D eigenvalue weighted by molar-refractivity contribution is 5.92. The van der Waals surface area contributed by atoms with Gasteiger partial charge in [-0.1, -0.05) is 6.92 Å². The Hall–Kier alpha value is -2.15. The summed E-state index contributed by atoms with van der Waals surface area (Å²) in [6.07, 6.45) is -0.744. The molecule has 1 rings (SSSR count). The van der Waals surface area contributed by atoms with E-state index in [4.69, 9.17) is 4.74 Å². The number of ether oxygens (including phenoxy) is 2. The summed E-state index contributed by atoms with van der Waals surface area (Å²) in [5.41, 5.74) is 0. The number of nitrogens with one attached hydrogen (secondary N) is 1. The van der Waals surface area contributed by atoms with Gasteiger partial charge in [-0.05, 0) is 37.7 Å². The highest BCUT2D eigenvalue weighted by Gasteiger charge is 2.12. The third-order valence-corrected chi connectivity index (χ3v) is 2.82. The molecule has 2 amide bonds. The molecule has 6 nitrogen and oxygen atoms in total. The zero-order valence-electron chi connectivity index (χ0n) is 12.8. The fourth-order valence-electron chi connectivity index (χ4n) is 1.70. The zero-order valence-corrected chi connectivity index (χ0v) is 12.8. The fourth-order valence-corrected chi connectivity index (χ4v) is 1.70. The number of carbonyl (C=O) groups is 2. The smallest absolute Gasteiger partial charge is 0.413 e. The van der Waals surface area contributed by atoms with Crippen molar-refractivity contribution in [2.45, 2.75) is 13.8 Å². The normalized spacial score (nSPS) is 10.4. The van der Waals surface area contributed by atoms with Gasteiger partial charge in [-0.3, -0.25) is 15.0 Å². The van der Waals surface area contributed by atoms with Crippen molar-refractivity contribution < 1.29 is 23.5 Å². The van der Waals surface area contributed by atoms with Gasteiger partial charge in [0.05, 0.1) is 13.2 Å². The summed E-state index contributed by atoms with van der Waals surface area (Å²) < 4.78 is 22.8. The van der Waals surface area contributed by atoms with Gasteiger partial charge in [-0.2, -0.15) is 0 Å². The Morgan fingerprint density at radius 3 is 2.50 bits per heavy atom. The van der Waals surface area contributed by atoms with Crippen LogP contribution in [0.3, 0.4) is 0 Å². The van der Waals surface area contributed by atoms with E-state index in [1.807, 2.05) is 11.8 Å². The second kappa shape index (κ2) is 9.73. The van der Waals surface area contributed by atoms with Crippen LogP contribution in [-0.4, -0.2) is 49.7 Å².